The number of nitrogen functional groups attached to an aromatic ring is 2. The molecule has 4 rings (SSSR count). The lowest BCUT2D eigenvalue weighted by Crippen LogP contribution is -2.54. The molecule has 0 spiro atoms. The lowest BCUT2D eigenvalue weighted by Gasteiger charge is -2.34. The third kappa shape index (κ3) is 3.95. The van der Waals surface area contributed by atoms with E-state index < -0.39 is 69.2 Å². The Hall–Kier alpha value is -3.66. The molecule has 0 heterocycles. The van der Waals surface area contributed by atoms with E-state index in [0.29, 0.717) is 12.1 Å². The molecule has 4 aromatic rings. The average Bonchev–Trinajstić information content (AvgIpc) is 2.79. The minimum Gasteiger partial charge on any atom is -0.398 e. The molecule has 0 aliphatic heterocycles. The van der Waals surface area contributed by atoms with Crippen LogP contribution in [0.5, 0.6) is 0 Å². The van der Waals surface area contributed by atoms with Gasteiger partial charge in [0.05, 0.1) is 0 Å². The summed E-state index contributed by atoms with van der Waals surface area (Å²) in [6, 6.07) is 6.64. The maximum absolute atomic E-state index is 13.4. The van der Waals surface area contributed by atoms with Gasteiger partial charge in [-0.3, -0.25) is 0 Å². The van der Waals surface area contributed by atoms with Crippen molar-refractivity contribution in [1.82, 2.24) is 0 Å². The molecule has 0 aromatic heterocycles. The zero-order valence-corrected chi connectivity index (χ0v) is 19.2. The molecule has 0 aliphatic rings. The minimum atomic E-state index is -6.25. The zero-order chi connectivity index (χ0) is 30.4. The number of alkyl halides is 12. The Morgan fingerprint density at radius 2 is 0.700 bits per heavy atom. The van der Waals surface area contributed by atoms with Crippen LogP contribution in [0.4, 0.5) is 64.1 Å². The Kier molecular flexibility index (Phi) is 6.18. The second-order valence-electron chi connectivity index (χ2n) is 8.96. The highest BCUT2D eigenvalue weighted by Crippen LogP contribution is 2.54. The van der Waals surface area contributed by atoms with E-state index in [0.717, 1.165) is 24.3 Å². The molecule has 0 saturated heterocycles. The Bertz CT molecular complexity index is 1510. The number of halogens is 12. The highest BCUT2D eigenvalue weighted by atomic mass is 19.4. The van der Waals surface area contributed by atoms with Gasteiger partial charge in [-0.2, -0.15) is 52.7 Å². The van der Waals surface area contributed by atoms with E-state index in [4.69, 9.17) is 11.5 Å². The molecular weight excluding hydrogens is 576 g/mol. The molecule has 4 nitrogen and oxygen atoms in total. The smallest absolute Gasteiger partial charge is 0.398 e. The van der Waals surface area contributed by atoms with Crippen molar-refractivity contribution in [1.29, 1.82) is 0 Å². The molecule has 0 amide bonds. The first-order chi connectivity index (χ1) is 18.0. The molecule has 0 bridgehead atoms. The summed E-state index contributed by atoms with van der Waals surface area (Å²) in [6.07, 6.45) is -25.0. The number of anilines is 2. The summed E-state index contributed by atoms with van der Waals surface area (Å²) in [4.78, 5) is 0. The van der Waals surface area contributed by atoms with Crippen LogP contribution < -0.4 is 11.5 Å². The fraction of sp³-hybridized carbons (Fsp3) is 0.250. The molecule has 16 heteroatoms. The van der Waals surface area contributed by atoms with E-state index in [2.05, 4.69) is 0 Å². The van der Waals surface area contributed by atoms with E-state index in [9.17, 15) is 62.9 Å². The average molecular weight is 590 g/mol. The SMILES string of the molecule is Nc1c(C(O)(C(F)(F)F)C(F)(F)F)ccc2cc3cc4ccc(C(O)(C(F)(F)F)C(F)(F)F)c(N)c4cc3cc12. The maximum atomic E-state index is 13.4. The van der Waals surface area contributed by atoms with Gasteiger partial charge in [-0.15, -0.1) is 0 Å². The fourth-order valence-electron chi connectivity index (χ4n) is 4.51. The van der Waals surface area contributed by atoms with Gasteiger partial charge in [0, 0.05) is 33.3 Å². The van der Waals surface area contributed by atoms with Crippen molar-refractivity contribution in [3.8, 4) is 0 Å². The standard InChI is InChI=1S/C24H14F12N2O2/c25-21(26,27)19(39,22(28,29)30)15-3-1-9-5-11-6-10-2-4-16(20(40,23(31,32)33)24(34,35)36)18(38)14(10)8-12(11)7-13(9)17(15)37/h1-8,39-40H,37-38H2. The molecule has 0 fully saturated rings. The number of nitrogens with two attached hydrogens (primary N) is 2. The van der Waals surface area contributed by atoms with Crippen LogP contribution in [0, 0.1) is 0 Å². The highest BCUT2D eigenvalue weighted by Gasteiger charge is 2.73. The minimum absolute atomic E-state index is 0.00657. The second-order valence-corrected chi connectivity index (χ2v) is 8.96. The van der Waals surface area contributed by atoms with Crippen molar-refractivity contribution in [2.45, 2.75) is 35.9 Å². The predicted octanol–water partition coefficient (Wildman–Crippen LogP) is 6.94. The van der Waals surface area contributed by atoms with Gasteiger partial charge in [-0.25, -0.2) is 0 Å². The largest absolute Gasteiger partial charge is 0.430 e. The maximum Gasteiger partial charge on any atom is 0.430 e. The number of aliphatic hydroxyl groups is 2. The van der Waals surface area contributed by atoms with E-state index in [1.165, 1.54) is 12.1 Å². The van der Waals surface area contributed by atoms with Gasteiger partial charge in [-0.1, -0.05) is 24.3 Å². The van der Waals surface area contributed by atoms with E-state index in [1.54, 1.807) is 0 Å². The lowest BCUT2D eigenvalue weighted by atomic mass is 9.86. The number of hydrogen-bond donors (Lipinski definition) is 4. The quantitative estimate of drug-likeness (QED) is 0.116. The normalized spacial score (nSPS) is 14.4. The van der Waals surface area contributed by atoms with Crippen molar-refractivity contribution in [2.24, 2.45) is 0 Å². The third-order valence-corrected chi connectivity index (χ3v) is 6.62. The molecule has 6 N–H and O–H groups in total. The first kappa shape index (κ1) is 29.3. The molecule has 0 aliphatic carbocycles. The molecule has 0 radical (unpaired) electrons. The molecule has 4 aromatic carbocycles. The van der Waals surface area contributed by atoms with Gasteiger partial charge < -0.3 is 21.7 Å². The monoisotopic (exact) mass is 590 g/mol. The topological polar surface area (TPSA) is 92.5 Å². The van der Waals surface area contributed by atoms with Crippen molar-refractivity contribution in [3.63, 3.8) is 0 Å². The number of hydrogen-bond acceptors (Lipinski definition) is 4. The van der Waals surface area contributed by atoms with Crippen LogP contribution in [0.3, 0.4) is 0 Å². The van der Waals surface area contributed by atoms with Crippen LogP contribution in [0.2, 0.25) is 0 Å². The van der Waals surface area contributed by atoms with Crippen molar-refractivity contribution in [3.05, 3.63) is 59.7 Å². The summed E-state index contributed by atoms with van der Waals surface area (Å²) >= 11 is 0. The first-order valence-corrected chi connectivity index (χ1v) is 10.7. The summed E-state index contributed by atoms with van der Waals surface area (Å²) < 4.78 is 161. The first-order valence-electron chi connectivity index (χ1n) is 10.7. The number of benzene rings is 4. The molecule has 40 heavy (non-hydrogen) atoms. The zero-order valence-electron chi connectivity index (χ0n) is 19.2. The number of fused-ring (bicyclic) bond motifs is 3. The summed E-state index contributed by atoms with van der Waals surface area (Å²) in [5, 5.41) is 18.7. The third-order valence-electron chi connectivity index (χ3n) is 6.62. The lowest BCUT2D eigenvalue weighted by molar-refractivity contribution is -0.376. The fourth-order valence-corrected chi connectivity index (χ4v) is 4.51. The Morgan fingerprint density at radius 1 is 0.425 bits per heavy atom. The van der Waals surface area contributed by atoms with E-state index in [-0.39, 0.29) is 21.5 Å². The van der Waals surface area contributed by atoms with Crippen LogP contribution in [-0.4, -0.2) is 34.9 Å². The summed E-state index contributed by atoms with van der Waals surface area (Å²) in [5.41, 5.74) is -5.22. The van der Waals surface area contributed by atoms with E-state index >= 15 is 0 Å². The van der Waals surface area contributed by atoms with Gasteiger partial charge >= 0.3 is 24.7 Å². The molecule has 216 valence electrons. The van der Waals surface area contributed by atoms with Crippen molar-refractivity contribution < 1.29 is 62.9 Å². The van der Waals surface area contributed by atoms with E-state index in [1.807, 2.05) is 0 Å². The van der Waals surface area contributed by atoms with Gasteiger partial charge in [0.1, 0.15) is 0 Å². The van der Waals surface area contributed by atoms with Crippen LogP contribution in [0.1, 0.15) is 11.1 Å². The van der Waals surface area contributed by atoms with Gasteiger partial charge in [0.15, 0.2) is 0 Å². The summed E-state index contributed by atoms with van der Waals surface area (Å²) in [7, 11) is 0. The number of rotatable bonds is 2. The van der Waals surface area contributed by atoms with Gasteiger partial charge in [0.2, 0.25) is 0 Å². The predicted molar refractivity (Wildman–Crippen MR) is 120 cm³/mol. The van der Waals surface area contributed by atoms with Gasteiger partial charge in [-0.05, 0) is 45.8 Å². The molecule has 0 unspecified atom stereocenters. The van der Waals surface area contributed by atoms with Crippen LogP contribution in [0.25, 0.3) is 32.3 Å². The molecule has 0 saturated carbocycles. The van der Waals surface area contributed by atoms with Crippen molar-refractivity contribution >= 4 is 43.7 Å². The van der Waals surface area contributed by atoms with Crippen LogP contribution >= 0.6 is 0 Å². The highest BCUT2D eigenvalue weighted by molar-refractivity contribution is 6.10. The van der Waals surface area contributed by atoms with Crippen LogP contribution in [-0.2, 0) is 11.2 Å². The molecular formula is C24H14F12N2O2. The molecule has 0 atom stereocenters. The van der Waals surface area contributed by atoms with Crippen molar-refractivity contribution in [2.75, 3.05) is 11.5 Å². The summed E-state index contributed by atoms with van der Waals surface area (Å²) in [5.74, 6) is 0. The van der Waals surface area contributed by atoms with Gasteiger partial charge in [0.25, 0.3) is 11.2 Å². The van der Waals surface area contributed by atoms with Crippen LogP contribution in [0.15, 0.2) is 48.5 Å². The summed E-state index contributed by atoms with van der Waals surface area (Å²) in [6.45, 7) is 0. The Labute approximate surface area is 214 Å². The Balaban J connectivity index is 2.04. The Morgan fingerprint density at radius 3 is 0.975 bits per heavy atom. The second kappa shape index (κ2) is 8.42.